The van der Waals surface area contributed by atoms with Gasteiger partial charge in [0.25, 0.3) is 0 Å². The van der Waals surface area contributed by atoms with Crippen molar-refractivity contribution in [3.05, 3.63) is 202 Å². The highest BCUT2D eigenvalue weighted by Gasteiger charge is 2.38. The van der Waals surface area contributed by atoms with Gasteiger partial charge in [-0.15, -0.1) is 0 Å². The number of nitrogens with zero attached hydrogens (tertiary/aromatic N) is 6. The Morgan fingerprint density at radius 2 is 0.833 bits per heavy atom. The second-order valence-electron chi connectivity index (χ2n) is 20.2. The first-order valence-corrected chi connectivity index (χ1v) is 23.2. The van der Waals surface area contributed by atoms with Gasteiger partial charge < -0.3 is 0 Å². The Hall–Kier alpha value is -7.57. The van der Waals surface area contributed by atoms with Crippen molar-refractivity contribution >= 4 is 66.7 Å². The third kappa shape index (κ3) is 4.88. The number of rotatable bonds is 2. The summed E-state index contributed by atoms with van der Waals surface area (Å²) in [5.41, 5.74) is 16.3. The highest BCUT2D eigenvalue weighted by atomic mass is 15.1. The molecule has 14 rings (SSSR count). The third-order valence-electron chi connectivity index (χ3n) is 15.8. The molecule has 0 saturated carbocycles. The lowest BCUT2D eigenvalue weighted by molar-refractivity contribution is 0.624. The average Bonchev–Trinajstić information content (AvgIpc) is 3.97. The summed E-state index contributed by atoms with van der Waals surface area (Å²) in [6, 6.07) is 48.4. The maximum atomic E-state index is 5.01. The molecule has 0 bridgehead atoms. The Bertz CT molecular complexity index is 4040. The summed E-state index contributed by atoms with van der Waals surface area (Å²) in [6.45, 7) is 20.7. The van der Waals surface area contributed by atoms with E-state index in [1.165, 1.54) is 104 Å². The molecule has 320 valence electrons. The van der Waals surface area contributed by atoms with Gasteiger partial charge in [-0.25, -0.2) is 15.0 Å². The van der Waals surface area contributed by atoms with Gasteiger partial charge in [-0.1, -0.05) is 157 Å². The largest absolute Gasteiger partial charge is 0.293 e. The number of aromatic nitrogens is 6. The van der Waals surface area contributed by atoms with Gasteiger partial charge in [0.15, 0.2) is 0 Å². The van der Waals surface area contributed by atoms with Gasteiger partial charge in [0.05, 0.1) is 32.9 Å². The molecule has 11 aromatic rings. The Labute approximate surface area is 383 Å². The van der Waals surface area contributed by atoms with Gasteiger partial charge in [0, 0.05) is 90.1 Å². The van der Waals surface area contributed by atoms with Gasteiger partial charge in [-0.3, -0.25) is 13.7 Å². The molecule has 6 nitrogen and oxygen atoms in total. The van der Waals surface area contributed by atoms with E-state index < -0.39 is 0 Å². The van der Waals surface area contributed by atoms with Crippen molar-refractivity contribution in [1.29, 1.82) is 0 Å². The predicted octanol–water partition coefficient (Wildman–Crippen LogP) is 12.4. The SMILES string of the molecule is C=c1c2n(c3c(Cc4cccc5c6cccc7c6n(c45)-c4ncccc4C7(C)C)cccc13)-c1ncccc1C(C)(C)C=2C.CC1(C)c2cccnc2-n2c3ccccc3c3cccc1c32. The van der Waals surface area contributed by atoms with Crippen LogP contribution < -0.4 is 10.6 Å². The molecule has 3 aliphatic rings. The van der Waals surface area contributed by atoms with Gasteiger partial charge in [0.1, 0.15) is 17.5 Å². The molecule has 0 unspecified atom stereocenters. The van der Waals surface area contributed by atoms with E-state index in [1.54, 1.807) is 0 Å². The predicted molar refractivity (Wildman–Crippen MR) is 272 cm³/mol. The molecule has 0 saturated heterocycles. The van der Waals surface area contributed by atoms with E-state index in [9.17, 15) is 0 Å². The van der Waals surface area contributed by atoms with Crippen molar-refractivity contribution in [2.45, 2.75) is 71.1 Å². The van der Waals surface area contributed by atoms with Crippen molar-refractivity contribution < 1.29 is 0 Å². The quantitative estimate of drug-likeness (QED) is 0.174. The maximum absolute atomic E-state index is 5.01. The normalized spacial score (nSPS) is 15.7. The molecule has 9 heterocycles. The van der Waals surface area contributed by atoms with Crippen LogP contribution in [0.1, 0.15) is 87.4 Å². The molecule has 5 aromatic carbocycles. The average molecular weight is 855 g/mol. The molecule has 0 fully saturated rings. The van der Waals surface area contributed by atoms with Gasteiger partial charge in [-0.05, 0) is 59.0 Å². The summed E-state index contributed by atoms with van der Waals surface area (Å²) in [5.74, 6) is 3.11. The smallest absolute Gasteiger partial charge is 0.141 e. The van der Waals surface area contributed by atoms with Crippen LogP contribution in [0, 0.1) is 0 Å². The topological polar surface area (TPSA) is 53.5 Å². The fraction of sp³-hybridized carbons (Fsp3) is 0.183. The minimum Gasteiger partial charge on any atom is -0.293 e. The van der Waals surface area contributed by atoms with Crippen LogP contribution in [0.5, 0.6) is 0 Å². The van der Waals surface area contributed by atoms with Crippen molar-refractivity contribution in [2.75, 3.05) is 0 Å². The number of benzene rings is 5. The summed E-state index contributed by atoms with van der Waals surface area (Å²) in [4.78, 5) is 14.7. The molecule has 66 heavy (non-hydrogen) atoms. The lowest BCUT2D eigenvalue weighted by Gasteiger charge is -2.33. The molecule has 0 amide bonds. The van der Waals surface area contributed by atoms with E-state index in [0.717, 1.165) is 29.1 Å². The number of pyridine rings is 3. The van der Waals surface area contributed by atoms with Crippen molar-refractivity contribution in [3.8, 4) is 17.5 Å². The molecule has 6 aromatic heterocycles. The van der Waals surface area contributed by atoms with Crippen LogP contribution in [0.15, 0.2) is 152 Å². The molecular formula is C60H50N6. The second-order valence-corrected chi connectivity index (χ2v) is 20.2. The standard InChI is InChI=1S/C40H34N4.C20H16N2/c1-23-27-14-7-12-25(34(27)43-33(23)24(2)39(3,4)31-18-10-20-41-37(31)43)22-26-13-8-15-28-29-16-9-17-30-36(29)44(35(26)28)38-32(40(30,5)6)19-11-21-42-38;1-20(2)15-9-5-8-14-13-7-3-4-11-17(13)22(18(14)15)19-16(20)10-6-12-21-19/h7-21H,1,22H2,2-6H3;3-12H,1-2H3. The molecule has 6 heteroatoms. The van der Waals surface area contributed by atoms with Crippen LogP contribution >= 0.6 is 0 Å². The molecule has 0 spiro atoms. The molecule has 0 aliphatic carbocycles. The zero-order valence-electron chi connectivity index (χ0n) is 38.5. The maximum Gasteiger partial charge on any atom is 0.141 e. The summed E-state index contributed by atoms with van der Waals surface area (Å²) >= 11 is 0. The number of fused-ring (bicyclic) bond motifs is 15. The molecule has 0 atom stereocenters. The fourth-order valence-corrected chi connectivity index (χ4v) is 12.2. The van der Waals surface area contributed by atoms with E-state index in [-0.39, 0.29) is 16.2 Å². The molecule has 3 aliphatic heterocycles. The second kappa shape index (κ2) is 13.3. The first kappa shape index (κ1) is 38.9. The Morgan fingerprint density at radius 3 is 1.44 bits per heavy atom. The van der Waals surface area contributed by atoms with Crippen LogP contribution in [0.25, 0.3) is 84.1 Å². The summed E-state index contributed by atoms with van der Waals surface area (Å²) in [5, 5.41) is 8.63. The fourth-order valence-electron chi connectivity index (χ4n) is 12.2. The Balaban J connectivity index is 0.000000165. The molecule has 0 N–H and O–H groups in total. The van der Waals surface area contributed by atoms with Crippen molar-refractivity contribution in [1.82, 2.24) is 28.7 Å². The first-order chi connectivity index (χ1) is 31.9. The van der Waals surface area contributed by atoms with Gasteiger partial charge >= 0.3 is 0 Å². The van der Waals surface area contributed by atoms with E-state index in [2.05, 4.69) is 196 Å². The zero-order chi connectivity index (χ0) is 45.0. The van der Waals surface area contributed by atoms with E-state index in [0.29, 0.717) is 0 Å². The summed E-state index contributed by atoms with van der Waals surface area (Å²) in [7, 11) is 0. The van der Waals surface area contributed by atoms with E-state index in [4.69, 9.17) is 15.0 Å². The lowest BCUT2D eigenvalue weighted by Crippen LogP contribution is -2.40. The highest BCUT2D eigenvalue weighted by molar-refractivity contribution is 6.13. The molecular weight excluding hydrogens is 805 g/mol. The van der Waals surface area contributed by atoms with Crippen LogP contribution in [-0.4, -0.2) is 28.7 Å². The number of hydrogen-bond donors (Lipinski definition) is 0. The third-order valence-corrected chi connectivity index (χ3v) is 15.8. The summed E-state index contributed by atoms with van der Waals surface area (Å²) < 4.78 is 7.16. The van der Waals surface area contributed by atoms with Gasteiger partial charge in [0.2, 0.25) is 0 Å². The van der Waals surface area contributed by atoms with E-state index >= 15 is 0 Å². The van der Waals surface area contributed by atoms with Crippen molar-refractivity contribution in [2.24, 2.45) is 0 Å². The minimum atomic E-state index is -0.142. The van der Waals surface area contributed by atoms with Crippen molar-refractivity contribution in [3.63, 3.8) is 0 Å². The highest BCUT2D eigenvalue weighted by Crippen LogP contribution is 2.49. The van der Waals surface area contributed by atoms with Gasteiger partial charge in [-0.2, -0.15) is 0 Å². The Kier molecular flexibility index (Phi) is 7.81. The number of hydrogen-bond acceptors (Lipinski definition) is 3. The van der Waals surface area contributed by atoms with Crippen LogP contribution in [0.2, 0.25) is 0 Å². The van der Waals surface area contributed by atoms with Crippen LogP contribution in [0.3, 0.4) is 0 Å². The Morgan fingerprint density at radius 1 is 0.409 bits per heavy atom. The van der Waals surface area contributed by atoms with E-state index in [1.807, 2.05) is 24.7 Å². The van der Waals surface area contributed by atoms with Crippen LogP contribution in [-0.2, 0) is 22.7 Å². The van der Waals surface area contributed by atoms with Crippen LogP contribution in [0.4, 0.5) is 0 Å². The minimum absolute atomic E-state index is 0.0342. The molecule has 0 radical (unpaired) electrons. The first-order valence-electron chi connectivity index (χ1n) is 23.2. The summed E-state index contributed by atoms with van der Waals surface area (Å²) in [6.07, 6.45) is 6.51. The zero-order valence-corrected chi connectivity index (χ0v) is 38.5. The monoisotopic (exact) mass is 854 g/mol. The number of para-hydroxylation sites is 5. The lowest BCUT2D eigenvalue weighted by atomic mass is 9.76.